The highest BCUT2D eigenvalue weighted by Crippen LogP contribution is 2.09. The maximum absolute atomic E-state index is 12.0. The van der Waals surface area contributed by atoms with E-state index in [2.05, 4.69) is 36.6 Å². The van der Waals surface area contributed by atoms with E-state index in [9.17, 15) is 4.79 Å². The second-order valence-electron chi connectivity index (χ2n) is 5.31. The molecule has 3 heteroatoms. The van der Waals surface area contributed by atoms with E-state index in [1.54, 1.807) is 0 Å². The fraction of sp³-hybridized carbons (Fsp3) is 0.533. The average Bonchev–Trinajstić information content (AvgIpc) is 2.28. The SMILES string of the molecule is Cc1cccc(CC(=O)NC2CCNC(C)C2)c1. The lowest BCUT2D eigenvalue weighted by atomic mass is 10.00. The van der Waals surface area contributed by atoms with Gasteiger partial charge in [-0.1, -0.05) is 29.8 Å². The Hall–Kier alpha value is -1.35. The van der Waals surface area contributed by atoms with E-state index in [1.165, 1.54) is 5.56 Å². The molecule has 0 saturated carbocycles. The Morgan fingerprint density at radius 1 is 1.50 bits per heavy atom. The predicted octanol–water partition coefficient (Wildman–Crippen LogP) is 1.79. The van der Waals surface area contributed by atoms with Gasteiger partial charge in [0, 0.05) is 12.1 Å². The molecule has 2 atom stereocenters. The van der Waals surface area contributed by atoms with Crippen LogP contribution in [0.4, 0.5) is 0 Å². The molecule has 18 heavy (non-hydrogen) atoms. The van der Waals surface area contributed by atoms with E-state index in [-0.39, 0.29) is 5.91 Å². The van der Waals surface area contributed by atoms with Gasteiger partial charge in [-0.3, -0.25) is 4.79 Å². The van der Waals surface area contributed by atoms with Gasteiger partial charge in [-0.15, -0.1) is 0 Å². The Morgan fingerprint density at radius 3 is 3.06 bits per heavy atom. The molecule has 98 valence electrons. The van der Waals surface area contributed by atoms with Crippen LogP contribution in [0.2, 0.25) is 0 Å². The van der Waals surface area contributed by atoms with Gasteiger partial charge < -0.3 is 10.6 Å². The highest BCUT2D eigenvalue weighted by atomic mass is 16.1. The average molecular weight is 246 g/mol. The van der Waals surface area contributed by atoms with Crippen molar-refractivity contribution < 1.29 is 4.79 Å². The van der Waals surface area contributed by atoms with Crippen LogP contribution < -0.4 is 10.6 Å². The summed E-state index contributed by atoms with van der Waals surface area (Å²) in [7, 11) is 0. The first kappa shape index (κ1) is 13.1. The molecule has 0 aliphatic carbocycles. The van der Waals surface area contributed by atoms with E-state index >= 15 is 0 Å². The Balaban J connectivity index is 1.85. The molecule has 1 aromatic carbocycles. The number of hydrogen-bond donors (Lipinski definition) is 2. The maximum Gasteiger partial charge on any atom is 0.224 e. The number of rotatable bonds is 3. The first-order chi connectivity index (χ1) is 8.63. The summed E-state index contributed by atoms with van der Waals surface area (Å²) in [4.78, 5) is 12.0. The molecule has 1 saturated heterocycles. The van der Waals surface area contributed by atoms with Gasteiger partial charge in [-0.25, -0.2) is 0 Å². The van der Waals surface area contributed by atoms with E-state index in [1.807, 2.05) is 12.1 Å². The molecule has 3 nitrogen and oxygen atoms in total. The third-order valence-corrected chi connectivity index (χ3v) is 3.44. The zero-order valence-electron chi connectivity index (χ0n) is 11.2. The van der Waals surface area contributed by atoms with Crippen molar-refractivity contribution in [2.75, 3.05) is 6.54 Å². The van der Waals surface area contributed by atoms with E-state index < -0.39 is 0 Å². The topological polar surface area (TPSA) is 41.1 Å². The lowest BCUT2D eigenvalue weighted by Crippen LogP contribution is -2.46. The minimum atomic E-state index is 0.139. The summed E-state index contributed by atoms with van der Waals surface area (Å²) in [6.45, 7) is 5.21. The first-order valence-electron chi connectivity index (χ1n) is 6.72. The normalized spacial score (nSPS) is 23.7. The number of aryl methyl sites for hydroxylation is 1. The van der Waals surface area contributed by atoms with Crippen LogP contribution in [0, 0.1) is 6.92 Å². The second kappa shape index (κ2) is 6.01. The summed E-state index contributed by atoms with van der Waals surface area (Å²) >= 11 is 0. The van der Waals surface area contributed by atoms with Crippen molar-refractivity contribution in [3.8, 4) is 0 Å². The number of benzene rings is 1. The van der Waals surface area contributed by atoms with E-state index in [0.29, 0.717) is 18.5 Å². The molecule has 0 bridgehead atoms. The molecular weight excluding hydrogens is 224 g/mol. The van der Waals surface area contributed by atoms with Crippen molar-refractivity contribution in [2.24, 2.45) is 0 Å². The minimum Gasteiger partial charge on any atom is -0.353 e. The standard InChI is InChI=1S/C15H22N2O/c1-11-4-3-5-13(8-11)10-15(18)17-14-6-7-16-12(2)9-14/h3-5,8,12,14,16H,6-7,9-10H2,1-2H3,(H,17,18). The first-order valence-corrected chi connectivity index (χ1v) is 6.72. The zero-order valence-corrected chi connectivity index (χ0v) is 11.2. The van der Waals surface area contributed by atoms with Gasteiger partial charge >= 0.3 is 0 Å². The molecule has 1 amide bonds. The van der Waals surface area contributed by atoms with Gasteiger partial charge in [0.1, 0.15) is 0 Å². The molecule has 2 N–H and O–H groups in total. The zero-order chi connectivity index (χ0) is 13.0. The molecule has 0 radical (unpaired) electrons. The lowest BCUT2D eigenvalue weighted by molar-refractivity contribution is -0.121. The largest absolute Gasteiger partial charge is 0.353 e. The number of carbonyl (C=O) groups excluding carboxylic acids is 1. The molecule has 1 aromatic rings. The summed E-state index contributed by atoms with van der Waals surface area (Å²) in [6.07, 6.45) is 2.55. The van der Waals surface area contributed by atoms with E-state index in [4.69, 9.17) is 0 Å². The van der Waals surface area contributed by atoms with E-state index in [0.717, 1.165) is 24.9 Å². The number of carbonyl (C=O) groups is 1. The lowest BCUT2D eigenvalue weighted by Gasteiger charge is -2.28. The van der Waals surface area contributed by atoms with Gasteiger partial charge in [0.05, 0.1) is 6.42 Å². The van der Waals surface area contributed by atoms with Crippen LogP contribution in [-0.4, -0.2) is 24.5 Å². The molecule has 1 fully saturated rings. The fourth-order valence-corrected chi connectivity index (χ4v) is 2.55. The Labute approximate surface area is 109 Å². The summed E-state index contributed by atoms with van der Waals surface area (Å²) in [5.41, 5.74) is 2.30. The Kier molecular flexibility index (Phi) is 4.37. The summed E-state index contributed by atoms with van der Waals surface area (Å²) < 4.78 is 0. The van der Waals surface area contributed by atoms with Crippen molar-refractivity contribution in [3.05, 3.63) is 35.4 Å². The summed E-state index contributed by atoms with van der Waals surface area (Å²) in [6, 6.07) is 8.98. The smallest absolute Gasteiger partial charge is 0.224 e. The molecule has 0 aromatic heterocycles. The number of piperidine rings is 1. The Morgan fingerprint density at radius 2 is 2.33 bits per heavy atom. The van der Waals surface area contributed by atoms with Crippen LogP contribution in [0.25, 0.3) is 0 Å². The van der Waals surface area contributed by atoms with Crippen LogP contribution in [0.15, 0.2) is 24.3 Å². The molecular formula is C15H22N2O. The quantitative estimate of drug-likeness (QED) is 0.854. The predicted molar refractivity (Wildman–Crippen MR) is 73.5 cm³/mol. The van der Waals surface area contributed by atoms with Gasteiger partial charge in [0.2, 0.25) is 5.91 Å². The molecule has 1 aliphatic rings. The van der Waals surface area contributed by atoms with Crippen LogP contribution in [0.3, 0.4) is 0 Å². The molecule has 1 aliphatic heterocycles. The monoisotopic (exact) mass is 246 g/mol. The van der Waals surface area contributed by atoms with Crippen molar-refractivity contribution >= 4 is 5.91 Å². The number of hydrogen-bond acceptors (Lipinski definition) is 2. The summed E-state index contributed by atoms with van der Waals surface area (Å²) in [5, 5.41) is 6.53. The summed E-state index contributed by atoms with van der Waals surface area (Å²) in [5.74, 6) is 0.139. The number of nitrogens with one attached hydrogen (secondary N) is 2. The fourth-order valence-electron chi connectivity index (χ4n) is 2.55. The van der Waals surface area contributed by atoms with Crippen molar-refractivity contribution in [2.45, 2.75) is 45.2 Å². The van der Waals surface area contributed by atoms with Crippen molar-refractivity contribution in [3.63, 3.8) is 0 Å². The molecule has 0 spiro atoms. The van der Waals surface area contributed by atoms with Crippen molar-refractivity contribution in [1.82, 2.24) is 10.6 Å². The highest BCUT2D eigenvalue weighted by Gasteiger charge is 2.19. The van der Waals surface area contributed by atoms with Gasteiger partial charge in [-0.2, -0.15) is 0 Å². The molecule has 2 rings (SSSR count). The second-order valence-corrected chi connectivity index (χ2v) is 5.31. The number of amides is 1. The van der Waals surface area contributed by atoms with Gasteiger partial charge in [-0.05, 0) is 38.8 Å². The Bertz CT molecular complexity index is 417. The third-order valence-electron chi connectivity index (χ3n) is 3.44. The minimum absolute atomic E-state index is 0.139. The molecule has 1 heterocycles. The molecule has 2 unspecified atom stereocenters. The highest BCUT2D eigenvalue weighted by molar-refractivity contribution is 5.78. The third kappa shape index (κ3) is 3.84. The van der Waals surface area contributed by atoms with Crippen LogP contribution in [0.5, 0.6) is 0 Å². The van der Waals surface area contributed by atoms with Crippen LogP contribution in [-0.2, 0) is 11.2 Å². The van der Waals surface area contributed by atoms with Gasteiger partial charge in [0.15, 0.2) is 0 Å². The van der Waals surface area contributed by atoms with Crippen LogP contribution >= 0.6 is 0 Å². The van der Waals surface area contributed by atoms with Gasteiger partial charge in [0.25, 0.3) is 0 Å². The van der Waals surface area contributed by atoms with Crippen LogP contribution in [0.1, 0.15) is 30.9 Å². The maximum atomic E-state index is 12.0. The van der Waals surface area contributed by atoms with Crippen molar-refractivity contribution in [1.29, 1.82) is 0 Å².